The Morgan fingerprint density at radius 2 is 1.79 bits per heavy atom. The maximum atomic E-state index is 11.1. The molecule has 2 N–H and O–H groups in total. The zero-order valence-corrected chi connectivity index (χ0v) is 14.6. The lowest BCUT2D eigenvalue weighted by molar-refractivity contribution is 0.414. The van der Waals surface area contributed by atoms with Crippen molar-refractivity contribution in [3.63, 3.8) is 0 Å². The number of nitrogens with one attached hydrogen (secondary N) is 2. The van der Waals surface area contributed by atoms with E-state index in [1.165, 1.54) is 0 Å². The van der Waals surface area contributed by atoms with Gasteiger partial charge < -0.3 is 10.1 Å². The van der Waals surface area contributed by atoms with E-state index in [0.29, 0.717) is 13.1 Å². The van der Waals surface area contributed by atoms with Gasteiger partial charge in [0.1, 0.15) is 5.75 Å². The molecule has 5 nitrogen and oxygen atoms in total. The van der Waals surface area contributed by atoms with Crippen LogP contribution in [0.3, 0.4) is 0 Å². The minimum Gasteiger partial charge on any atom is -0.496 e. The smallest absolute Gasteiger partial charge is 0.209 e. The van der Waals surface area contributed by atoms with Gasteiger partial charge in [-0.15, -0.1) is 0 Å². The summed E-state index contributed by atoms with van der Waals surface area (Å²) in [4.78, 5) is 0. The first kappa shape index (κ1) is 18.0. The lowest BCUT2D eigenvalue weighted by Gasteiger charge is -2.06. The lowest BCUT2D eigenvalue weighted by atomic mass is 10.2. The third-order valence-corrected chi connectivity index (χ3v) is 4.02. The zero-order chi connectivity index (χ0) is 17.4. The fraction of sp³-hybridized carbons (Fsp3) is 0.222. The second kappa shape index (κ2) is 8.52. The predicted octanol–water partition coefficient (Wildman–Crippen LogP) is 2.87. The Bertz CT molecular complexity index is 784. The molecule has 0 amide bonds. The molecule has 0 radical (unpaired) electrons. The molecule has 0 aliphatic carbocycles. The number of benzene rings is 2. The SMILES string of the molecule is COc1ccccc1C=CCNc1ccc(CNS(C)(=O)=O)cc1. The van der Waals surface area contributed by atoms with Crippen molar-refractivity contribution >= 4 is 21.8 Å². The van der Waals surface area contributed by atoms with Crippen LogP contribution in [-0.2, 0) is 16.6 Å². The molecule has 6 heteroatoms. The van der Waals surface area contributed by atoms with Gasteiger partial charge in [0.05, 0.1) is 13.4 Å². The van der Waals surface area contributed by atoms with E-state index in [1.807, 2.05) is 60.7 Å². The zero-order valence-electron chi connectivity index (χ0n) is 13.8. The van der Waals surface area contributed by atoms with E-state index < -0.39 is 10.0 Å². The van der Waals surface area contributed by atoms with Crippen LogP contribution in [0.4, 0.5) is 5.69 Å². The summed E-state index contributed by atoms with van der Waals surface area (Å²) < 4.78 is 29.9. The summed E-state index contributed by atoms with van der Waals surface area (Å²) in [7, 11) is -1.51. The van der Waals surface area contributed by atoms with E-state index >= 15 is 0 Å². The second-order valence-corrected chi connectivity index (χ2v) is 7.15. The molecule has 2 aromatic rings. The molecule has 2 rings (SSSR count). The number of sulfonamides is 1. The average Bonchev–Trinajstić information content (AvgIpc) is 2.57. The summed E-state index contributed by atoms with van der Waals surface area (Å²) in [5.41, 5.74) is 2.92. The fourth-order valence-electron chi connectivity index (χ4n) is 2.12. The number of anilines is 1. The highest BCUT2D eigenvalue weighted by Crippen LogP contribution is 2.18. The van der Waals surface area contributed by atoms with Crippen LogP contribution in [0, 0.1) is 0 Å². The number of methoxy groups -OCH3 is 1. The monoisotopic (exact) mass is 346 g/mol. The summed E-state index contributed by atoms with van der Waals surface area (Å²) in [6.07, 6.45) is 5.18. The van der Waals surface area contributed by atoms with Gasteiger partial charge in [-0.05, 0) is 23.8 Å². The van der Waals surface area contributed by atoms with Crippen LogP contribution in [0.15, 0.2) is 54.6 Å². The average molecular weight is 346 g/mol. The summed E-state index contributed by atoms with van der Waals surface area (Å²) >= 11 is 0. The van der Waals surface area contributed by atoms with Crippen molar-refractivity contribution in [2.24, 2.45) is 0 Å². The molecule has 24 heavy (non-hydrogen) atoms. The van der Waals surface area contributed by atoms with Gasteiger partial charge in [-0.1, -0.05) is 42.5 Å². The molecule has 0 aliphatic rings. The molecule has 0 saturated heterocycles. The van der Waals surface area contributed by atoms with Crippen LogP contribution in [0.25, 0.3) is 6.08 Å². The van der Waals surface area contributed by atoms with Gasteiger partial charge in [0.15, 0.2) is 0 Å². The Kier molecular flexibility index (Phi) is 6.40. The topological polar surface area (TPSA) is 67.4 Å². The van der Waals surface area contributed by atoms with E-state index in [2.05, 4.69) is 10.0 Å². The van der Waals surface area contributed by atoms with Gasteiger partial charge in [-0.2, -0.15) is 0 Å². The highest BCUT2D eigenvalue weighted by atomic mass is 32.2. The fourth-order valence-corrected chi connectivity index (χ4v) is 2.55. The molecule has 0 unspecified atom stereocenters. The molecular formula is C18H22N2O3S. The quantitative estimate of drug-likeness (QED) is 0.771. The highest BCUT2D eigenvalue weighted by Gasteiger charge is 2.01. The van der Waals surface area contributed by atoms with Crippen molar-refractivity contribution in [1.29, 1.82) is 0 Å². The van der Waals surface area contributed by atoms with Crippen molar-refractivity contribution < 1.29 is 13.2 Å². The second-order valence-electron chi connectivity index (χ2n) is 5.32. The van der Waals surface area contributed by atoms with Gasteiger partial charge in [0, 0.05) is 24.3 Å². The normalized spacial score (nSPS) is 11.6. The lowest BCUT2D eigenvalue weighted by Crippen LogP contribution is -2.21. The van der Waals surface area contributed by atoms with Crippen LogP contribution in [-0.4, -0.2) is 28.3 Å². The largest absolute Gasteiger partial charge is 0.496 e. The minimum absolute atomic E-state index is 0.298. The van der Waals surface area contributed by atoms with Crippen LogP contribution >= 0.6 is 0 Å². The third kappa shape index (κ3) is 6.06. The van der Waals surface area contributed by atoms with Crippen LogP contribution in [0.2, 0.25) is 0 Å². The standard InChI is InChI=1S/C18H22N2O3S/c1-23-18-8-4-3-6-16(18)7-5-13-19-17-11-9-15(10-12-17)14-20-24(2,21)22/h3-12,19-20H,13-14H2,1-2H3. The van der Waals surface area contributed by atoms with Crippen molar-refractivity contribution in [3.8, 4) is 5.75 Å². The number of hydrogen-bond acceptors (Lipinski definition) is 4. The summed E-state index contributed by atoms with van der Waals surface area (Å²) in [6, 6.07) is 15.5. The molecule has 0 fully saturated rings. The molecule has 0 atom stereocenters. The Hall–Kier alpha value is -2.31. The van der Waals surface area contributed by atoms with Crippen molar-refractivity contribution in [2.45, 2.75) is 6.54 Å². The maximum absolute atomic E-state index is 11.1. The summed E-state index contributed by atoms with van der Waals surface area (Å²) in [6.45, 7) is 0.978. The van der Waals surface area contributed by atoms with Crippen LogP contribution < -0.4 is 14.8 Å². The first-order valence-electron chi connectivity index (χ1n) is 7.55. The third-order valence-electron chi connectivity index (χ3n) is 3.35. The van der Waals surface area contributed by atoms with Crippen molar-refractivity contribution in [2.75, 3.05) is 25.2 Å². The molecule has 128 valence electrons. The van der Waals surface area contributed by atoms with E-state index in [4.69, 9.17) is 4.74 Å². The molecule has 0 bridgehead atoms. The van der Waals surface area contributed by atoms with Crippen LogP contribution in [0.1, 0.15) is 11.1 Å². The molecule has 0 saturated carbocycles. The Balaban J connectivity index is 1.85. The molecule has 0 heterocycles. The van der Waals surface area contributed by atoms with Gasteiger partial charge >= 0.3 is 0 Å². The van der Waals surface area contributed by atoms with Gasteiger partial charge in [-0.3, -0.25) is 0 Å². The molecule has 0 aliphatic heterocycles. The van der Waals surface area contributed by atoms with E-state index in [0.717, 1.165) is 28.8 Å². The van der Waals surface area contributed by atoms with E-state index in [1.54, 1.807) is 7.11 Å². The Morgan fingerprint density at radius 3 is 2.46 bits per heavy atom. The van der Waals surface area contributed by atoms with E-state index in [9.17, 15) is 8.42 Å². The van der Waals surface area contributed by atoms with Gasteiger partial charge in [0.25, 0.3) is 0 Å². The highest BCUT2D eigenvalue weighted by molar-refractivity contribution is 7.88. The first-order chi connectivity index (χ1) is 11.5. The Labute approximate surface area is 143 Å². The van der Waals surface area contributed by atoms with Crippen molar-refractivity contribution in [3.05, 3.63) is 65.7 Å². The minimum atomic E-state index is -3.17. The summed E-state index contributed by atoms with van der Waals surface area (Å²) in [5, 5.41) is 3.29. The number of hydrogen-bond donors (Lipinski definition) is 2. The first-order valence-corrected chi connectivity index (χ1v) is 9.44. The molecular weight excluding hydrogens is 324 g/mol. The van der Waals surface area contributed by atoms with Gasteiger partial charge in [0.2, 0.25) is 10.0 Å². The molecule has 0 spiro atoms. The summed E-state index contributed by atoms with van der Waals surface area (Å²) in [5.74, 6) is 0.844. The molecule has 2 aromatic carbocycles. The van der Waals surface area contributed by atoms with Gasteiger partial charge in [-0.25, -0.2) is 13.1 Å². The van der Waals surface area contributed by atoms with Crippen LogP contribution in [0.5, 0.6) is 5.75 Å². The number of para-hydroxylation sites is 1. The molecule has 0 aromatic heterocycles. The Morgan fingerprint density at radius 1 is 1.08 bits per heavy atom. The number of rotatable bonds is 8. The maximum Gasteiger partial charge on any atom is 0.209 e. The van der Waals surface area contributed by atoms with Crippen molar-refractivity contribution in [1.82, 2.24) is 4.72 Å². The van der Waals surface area contributed by atoms with E-state index in [-0.39, 0.29) is 0 Å². The number of ether oxygens (including phenoxy) is 1. The predicted molar refractivity (Wildman–Crippen MR) is 98.6 cm³/mol.